The van der Waals surface area contributed by atoms with E-state index in [0.29, 0.717) is 0 Å². The predicted octanol–water partition coefficient (Wildman–Crippen LogP) is 3.27. The second-order valence-corrected chi connectivity index (χ2v) is 4.80. The van der Waals surface area contributed by atoms with E-state index in [9.17, 15) is 0 Å². The summed E-state index contributed by atoms with van der Waals surface area (Å²) in [7, 11) is 0. The molecule has 0 aromatic heterocycles. The minimum absolute atomic E-state index is 0.0757. The van der Waals surface area contributed by atoms with Gasteiger partial charge in [0.25, 0.3) is 0 Å². The van der Waals surface area contributed by atoms with E-state index in [4.69, 9.17) is 0 Å². The molecule has 0 atom stereocenters. The van der Waals surface area contributed by atoms with E-state index < -0.39 is 0 Å². The Kier molecular flexibility index (Phi) is 2.03. The quantitative estimate of drug-likeness (QED) is 0.657. The lowest BCUT2D eigenvalue weighted by atomic mass is 9.87. The molecule has 1 aromatic rings. The highest BCUT2D eigenvalue weighted by molar-refractivity contribution is 9.18. The van der Waals surface area contributed by atoms with Crippen molar-refractivity contribution in [3.8, 4) is 0 Å². The van der Waals surface area contributed by atoms with Gasteiger partial charge < -0.3 is 0 Å². The summed E-state index contributed by atoms with van der Waals surface area (Å²) in [5.41, 5.74) is 2.65. The van der Waals surface area contributed by atoms with Crippen LogP contribution in [0.2, 0.25) is 0 Å². The third-order valence-corrected chi connectivity index (χ3v) is 2.87. The number of aliphatic imine (C=N–C) groups is 1. The van der Waals surface area contributed by atoms with Gasteiger partial charge in [0, 0.05) is 6.42 Å². The van der Waals surface area contributed by atoms with Gasteiger partial charge in [0.1, 0.15) is 0 Å². The van der Waals surface area contributed by atoms with Crippen LogP contribution in [-0.2, 0) is 12.0 Å². The lowest BCUT2D eigenvalue weighted by Crippen LogP contribution is -2.23. The molecule has 68 valence electrons. The van der Waals surface area contributed by atoms with Crippen molar-refractivity contribution < 1.29 is 0 Å². The molecular weight excluding hydrogens is 226 g/mol. The molecule has 1 aliphatic rings. The maximum Gasteiger partial charge on any atom is 0.0828 e. The molecule has 0 saturated carbocycles. The van der Waals surface area contributed by atoms with Crippen LogP contribution in [0.1, 0.15) is 25.0 Å². The van der Waals surface area contributed by atoms with Gasteiger partial charge in [0.2, 0.25) is 0 Å². The van der Waals surface area contributed by atoms with E-state index in [0.717, 1.165) is 11.0 Å². The Bertz CT molecular complexity index is 366. The molecule has 2 heteroatoms. The lowest BCUT2D eigenvalue weighted by Gasteiger charge is -2.28. The van der Waals surface area contributed by atoms with Crippen LogP contribution in [-0.4, -0.2) is 4.62 Å². The van der Waals surface area contributed by atoms with E-state index in [1.165, 1.54) is 11.1 Å². The predicted molar refractivity (Wildman–Crippen MR) is 59.5 cm³/mol. The molecule has 13 heavy (non-hydrogen) atoms. The minimum Gasteiger partial charge on any atom is -0.271 e. The highest BCUT2D eigenvalue weighted by atomic mass is 79.9. The van der Waals surface area contributed by atoms with Gasteiger partial charge in [-0.1, -0.05) is 24.3 Å². The van der Waals surface area contributed by atoms with Crippen molar-refractivity contribution in [1.29, 1.82) is 0 Å². The highest BCUT2D eigenvalue weighted by Crippen LogP contribution is 2.33. The Morgan fingerprint density at radius 2 is 2.00 bits per heavy atom. The van der Waals surface area contributed by atoms with Gasteiger partial charge in [-0.25, -0.2) is 0 Å². The number of hydrogen-bond acceptors (Lipinski definition) is 1. The molecule has 2 rings (SSSR count). The van der Waals surface area contributed by atoms with Gasteiger partial charge in [0.05, 0.1) is 10.2 Å². The molecule has 0 amide bonds. The largest absolute Gasteiger partial charge is 0.271 e. The normalized spacial score (nSPS) is 19.2. The van der Waals surface area contributed by atoms with Crippen molar-refractivity contribution in [2.75, 3.05) is 0 Å². The van der Waals surface area contributed by atoms with Crippen LogP contribution in [0.3, 0.4) is 0 Å². The summed E-state index contributed by atoms with van der Waals surface area (Å²) < 4.78 is 1.05. The zero-order chi connectivity index (χ0) is 9.47. The molecule has 1 aliphatic heterocycles. The molecule has 0 bridgehead atoms. The number of fused-ring (bicyclic) bond motifs is 1. The average molecular weight is 238 g/mol. The van der Waals surface area contributed by atoms with Crippen LogP contribution in [0.15, 0.2) is 29.3 Å². The summed E-state index contributed by atoms with van der Waals surface area (Å²) in [6.07, 6.45) is 0.930. The van der Waals surface area contributed by atoms with Crippen LogP contribution in [0, 0.1) is 0 Å². The standard InChI is InChI=1S/C11H12BrN/c1-11(2)9-6-4-3-5-8(9)7-10(12)13-11/h3-6H,7H2,1-2H3. The van der Waals surface area contributed by atoms with Gasteiger partial charge in [-0.2, -0.15) is 0 Å². The maximum absolute atomic E-state index is 4.59. The van der Waals surface area contributed by atoms with Gasteiger partial charge in [-0.3, -0.25) is 4.99 Å². The van der Waals surface area contributed by atoms with Crippen molar-refractivity contribution in [2.24, 2.45) is 4.99 Å². The Morgan fingerprint density at radius 3 is 2.77 bits per heavy atom. The second kappa shape index (κ2) is 2.95. The SMILES string of the molecule is CC1(C)N=C(Br)Cc2ccccc21. The first-order chi connectivity index (χ1) is 6.09. The van der Waals surface area contributed by atoms with Crippen LogP contribution in [0.5, 0.6) is 0 Å². The highest BCUT2D eigenvalue weighted by Gasteiger charge is 2.26. The Morgan fingerprint density at radius 1 is 1.31 bits per heavy atom. The van der Waals surface area contributed by atoms with Crippen LogP contribution >= 0.6 is 15.9 Å². The van der Waals surface area contributed by atoms with Crippen molar-refractivity contribution in [2.45, 2.75) is 25.8 Å². The number of nitrogens with zero attached hydrogens (tertiary/aromatic N) is 1. The molecular formula is C11H12BrN. The molecule has 1 aromatic carbocycles. The zero-order valence-electron chi connectivity index (χ0n) is 7.84. The van der Waals surface area contributed by atoms with E-state index in [1.807, 2.05) is 0 Å². The summed E-state index contributed by atoms with van der Waals surface area (Å²) in [5.74, 6) is 0. The summed E-state index contributed by atoms with van der Waals surface area (Å²) in [6.45, 7) is 4.29. The van der Waals surface area contributed by atoms with E-state index >= 15 is 0 Å². The molecule has 0 aliphatic carbocycles. The van der Waals surface area contributed by atoms with E-state index in [1.54, 1.807) is 0 Å². The van der Waals surface area contributed by atoms with Crippen LogP contribution in [0.4, 0.5) is 0 Å². The first-order valence-corrected chi connectivity index (χ1v) is 5.21. The van der Waals surface area contributed by atoms with E-state index in [-0.39, 0.29) is 5.54 Å². The summed E-state index contributed by atoms with van der Waals surface area (Å²) >= 11 is 3.48. The Hall–Kier alpha value is -0.630. The molecule has 0 N–H and O–H groups in total. The molecule has 1 nitrogen and oxygen atoms in total. The molecule has 0 unspecified atom stereocenters. The van der Waals surface area contributed by atoms with Crippen LogP contribution < -0.4 is 0 Å². The molecule has 0 spiro atoms. The first kappa shape index (κ1) is 8.95. The third kappa shape index (κ3) is 1.55. The fourth-order valence-electron chi connectivity index (χ4n) is 1.83. The summed E-state index contributed by atoms with van der Waals surface area (Å²) in [6, 6.07) is 8.50. The minimum atomic E-state index is -0.0757. The number of rotatable bonds is 0. The Balaban J connectivity index is 2.58. The van der Waals surface area contributed by atoms with Crippen molar-refractivity contribution in [3.05, 3.63) is 35.4 Å². The number of hydrogen-bond donors (Lipinski definition) is 0. The summed E-state index contributed by atoms with van der Waals surface area (Å²) in [4.78, 5) is 4.59. The fraction of sp³-hybridized carbons (Fsp3) is 0.364. The van der Waals surface area contributed by atoms with Gasteiger partial charge in [-0.05, 0) is 40.9 Å². The number of halogens is 1. The zero-order valence-corrected chi connectivity index (χ0v) is 9.43. The fourth-order valence-corrected chi connectivity index (χ4v) is 2.58. The van der Waals surface area contributed by atoms with Crippen molar-refractivity contribution in [3.63, 3.8) is 0 Å². The van der Waals surface area contributed by atoms with Gasteiger partial charge in [0.15, 0.2) is 0 Å². The lowest BCUT2D eigenvalue weighted by molar-refractivity contribution is 0.546. The van der Waals surface area contributed by atoms with Gasteiger partial charge >= 0.3 is 0 Å². The molecule has 0 saturated heterocycles. The van der Waals surface area contributed by atoms with E-state index in [2.05, 4.69) is 59.0 Å². The second-order valence-electron chi connectivity index (χ2n) is 3.88. The third-order valence-electron chi connectivity index (χ3n) is 2.41. The topological polar surface area (TPSA) is 12.4 Å². The monoisotopic (exact) mass is 237 g/mol. The maximum atomic E-state index is 4.59. The average Bonchev–Trinajstić information content (AvgIpc) is 2.02. The van der Waals surface area contributed by atoms with Gasteiger partial charge in [-0.15, -0.1) is 0 Å². The number of benzene rings is 1. The molecule has 0 fully saturated rings. The van der Waals surface area contributed by atoms with Crippen molar-refractivity contribution >= 4 is 20.6 Å². The Labute approximate surface area is 87.0 Å². The molecule has 1 heterocycles. The smallest absolute Gasteiger partial charge is 0.0828 e. The first-order valence-electron chi connectivity index (χ1n) is 4.42. The molecule has 0 radical (unpaired) electrons. The van der Waals surface area contributed by atoms with Crippen molar-refractivity contribution in [1.82, 2.24) is 0 Å². The van der Waals surface area contributed by atoms with Crippen LogP contribution in [0.25, 0.3) is 0 Å². The summed E-state index contributed by atoms with van der Waals surface area (Å²) in [5, 5.41) is 0.